The summed E-state index contributed by atoms with van der Waals surface area (Å²) in [5.41, 5.74) is 3.68. The first-order valence-corrected chi connectivity index (χ1v) is 8.73. The molecule has 0 aromatic heterocycles. The van der Waals surface area contributed by atoms with Crippen molar-refractivity contribution in [1.29, 1.82) is 0 Å². The number of methoxy groups -OCH3 is 1. The van der Waals surface area contributed by atoms with Crippen LogP contribution in [0.2, 0.25) is 0 Å². The SMILES string of the molecule is COc1cccc(CNC(=O)Nc2ccccc2N(C)c2ccccc2)c1. The van der Waals surface area contributed by atoms with Crippen LogP contribution in [0, 0.1) is 0 Å². The zero-order chi connectivity index (χ0) is 19.1. The van der Waals surface area contributed by atoms with Gasteiger partial charge in [-0.3, -0.25) is 0 Å². The number of benzene rings is 3. The lowest BCUT2D eigenvalue weighted by atomic mass is 10.2. The quantitative estimate of drug-likeness (QED) is 0.664. The number of para-hydroxylation sites is 3. The van der Waals surface area contributed by atoms with E-state index in [4.69, 9.17) is 4.74 Å². The Hall–Kier alpha value is -3.47. The number of carbonyl (C=O) groups is 1. The Morgan fingerprint density at radius 3 is 2.48 bits per heavy atom. The first-order chi connectivity index (χ1) is 13.2. The van der Waals surface area contributed by atoms with E-state index in [0.717, 1.165) is 28.4 Å². The zero-order valence-corrected chi connectivity index (χ0v) is 15.5. The van der Waals surface area contributed by atoms with Gasteiger partial charge in [-0.1, -0.05) is 42.5 Å². The van der Waals surface area contributed by atoms with E-state index in [9.17, 15) is 4.79 Å². The molecule has 138 valence electrons. The van der Waals surface area contributed by atoms with E-state index in [-0.39, 0.29) is 6.03 Å². The van der Waals surface area contributed by atoms with Crippen molar-refractivity contribution in [2.45, 2.75) is 6.54 Å². The monoisotopic (exact) mass is 361 g/mol. The van der Waals surface area contributed by atoms with Crippen LogP contribution >= 0.6 is 0 Å². The molecule has 27 heavy (non-hydrogen) atoms. The maximum absolute atomic E-state index is 12.4. The van der Waals surface area contributed by atoms with Crippen molar-refractivity contribution in [1.82, 2.24) is 5.32 Å². The highest BCUT2D eigenvalue weighted by Gasteiger charge is 2.11. The van der Waals surface area contributed by atoms with Crippen LogP contribution in [0.1, 0.15) is 5.56 Å². The molecule has 0 aliphatic carbocycles. The first kappa shape index (κ1) is 18.3. The molecule has 0 fully saturated rings. The van der Waals surface area contributed by atoms with Gasteiger partial charge in [-0.2, -0.15) is 0 Å². The van der Waals surface area contributed by atoms with E-state index in [1.807, 2.05) is 90.8 Å². The van der Waals surface area contributed by atoms with Gasteiger partial charge in [0.1, 0.15) is 5.75 Å². The molecule has 0 spiro atoms. The lowest BCUT2D eigenvalue weighted by Crippen LogP contribution is -2.29. The molecule has 5 heteroatoms. The topological polar surface area (TPSA) is 53.6 Å². The van der Waals surface area contributed by atoms with E-state index in [0.29, 0.717) is 6.54 Å². The number of anilines is 3. The molecule has 0 saturated carbocycles. The van der Waals surface area contributed by atoms with E-state index < -0.39 is 0 Å². The molecule has 0 radical (unpaired) electrons. The van der Waals surface area contributed by atoms with Gasteiger partial charge in [-0.05, 0) is 42.0 Å². The minimum Gasteiger partial charge on any atom is -0.497 e. The average Bonchev–Trinajstić information content (AvgIpc) is 2.73. The van der Waals surface area contributed by atoms with Crippen molar-refractivity contribution in [3.05, 3.63) is 84.4 Å². The van der Waals surface area contributed by atoms with Crippen LogP contribution in [0.3, 0.4) is 0 Å². The second kappa shape index (κ2) is 8.76. The lowest BCUT2D eigenvalue weighted by Gasteiger charge is -2.22. The van der Waals surface area contributed by atoms with Crippen LogP contribution in [0.25, 0.3) is 0 Å². The highest BCUT2D eigenvalue weighted by atomic mass is 16.5. The Morgan fingerprint density at radius 2 is 1.70 bits per heavy atom. The maximum Gasteiger partial charge on any atom is 0.319 e. The Kier molecular flexibility index (Phi) is 5.94. The molecule has 0 heterocycles. The van der Waals surface area contributed by atoms with Crippen LogP contribution in [0.15, 0.2) is 78.9 Å². The van der Waals surface area contributed by atoms with Crippen LogP contribution in [0.4, 0.5) is 21.9 Å². The van der Waals surface area contributed by atoms with Crippen molar-refractivity contribution in [2.24, 2.45) is 0 Å². The fraction of sp³-hybridized carbons (Fsp3) is 0.136. The molecule has 0 saturated heterocycles. The van der Waals surface area contributed by atoms with E-state index in [2.05, 4.69) is 10.6 Å². The molecular formula is C22H23N3O2. The van der Waals surface area contributed by atoms with Crippen molar-refractivity contribution in [3.63, 3.8) is 0 Å². The van der Waals surface area contributed by atoms with Gasteiger partial charge in [-0.25, -0.2) is 4.79 Å². The number of urea groups is 1. The molecule has 0 unspecified atom stereocenters. The van der Waals surface area contributed by atoms with Crippen LogP contribution in [-0.4, -0.2) is 20.2 Å². The van der Waals surface area contributed by atoms with Crippen molar-refractivity contribution >= 4 is 23.1 Å². The first-order valence-electron chi connectivity index (χ1n) is 8.73. The standard InChI is InChI=1S/C22H23N3O2/c1-25(18-10-4-3-5-11-18)21-14-7-6-13-20(21)24-22(26)23-16-17-9-8-12-19(15-17)27-2/h3-15H,16H2,1-2H3,(H2,23,24,26). The minimum atomic E-state index is -0.258. The van der Waals surface area contributed by atoms with Gasteiger partial charge in [0.05, 0.1) is 18.5 Å². The van der Waals surface area contributed by atoms with Crippen LogP contribution in [-0.2, 0) is 6.54 Å². The van der Waals surface area contributed by atoms with Crippen molar-refractivity contribution < 1.29 is 9.53 Å². The summed E-state index contributed by atoms with van der Waals surface area (Å²) in [4.78, 5) is 14.4. The smallest absolute Gasteiger partial charge is 0.319 e. The number of nitrogens with one attached hydrogen (secondary N) is 2. The third-order valence-electron chi connectivity index (χ3n) is 4.24. The zero-order valence-electron chi connectivity index (χ0n) is 15.5. The molecule has 5 nitrogen and oxygen atoms in total. The summed E-state index contributed by atoms with van der Waals surface area (Å²) < 4.78 is 5.21. The third-order valence-corrected chi connectivity index (χ3v) is 4.24. The largest absolute Gasteiger partial charge is 0.497 e. The Bertz CT molecular complexity index is 897. The molecular weight excluding hydrogens is 338 g/mol. The van der Waals surface area contributed by atoms with Gasteiger partial charge in [0, 0.05) is 19.3 Å². The molecule has 2 amide bonds. The summed E-state index contributed by atoms with van der Waals surface area (Å²) in [7, 11) is 3.60. The summed E-state index contributed by atoms with van der Waals surface area (Å²) in [6, 6.07) is 25.1. The minimum absolute atomic E-state index is 0.258. The lowest BCUT2D eigenvalue weighted by molar-refractivity contribution is 0.251. The van der Waals surface area contributed by atoms with Crippen LogP contribution < -0.4 is 20.3 Å². The summed E-state index contributed by atoms with van der Waals surface area (Å²) in [6.07, 6.45) is 0. The predicted molar refractivity (Wildman–Crippen MR) is 110 cm³/mol. The van der Waals surface area contributed by atoms with Gasteiger partial charge >= 0.3 is 6.03 Å². The van der Waals surface area contributed by atoms with Gasteiger partial charge < -0.3 is 20.3 Å². The van der Waals surface area contributed by atoms with E-state index >= 15 is 0 Å². The van der Waals surface area contributed by atoms with Gasteiger partial charge in [0.25, 0.3) is 0 Å². The third kappa shape index (κ3) is 4.79. The summed E-state index contributed by atoms with van der Waals surface area (Å²) in [5, 5.41) is 5.82. The number of ether oxygens (including phenoxy) is 1. The van der Waals surface area contributed by atoms with E-state index in [1.165, 1.54) is 0 Å². The van der Waals surface area contributed by atoms with Crippen molar-refractivity contribution in [2.75, 3.05) is 24.4 Å². The molecule has 3 rings (SSSR count). The maximum atomic E-state index is 12.4. The number of carbonyl (C=O) groups excluding carboxylic acids is 1. The average molecular weight is 361 g/mol. The normalized spacial score (nSPS) is 10.1. The fourth-order valence-corrected chi connectivity index (χ4v) is 2.79. The Balaban J connectivity index is 1.67. The number of hydrogen-bond donors (Lipinski definition) is 2. The molecule has 0 aliphatic rings. The van der Waals surface area contributed by atoms with Crippen LogP contribution in [0.5, 0.6) is 5.75 Å². The highest BCUT2D eigenvalue weighted by Crippen LogP contribution is 2.30. The number of rotatable bonds is 6. The fourth-order valence-electron chi connectivity index (χ4n) is 2.79. The molecule has 0 aliphatic heterocycles. The molecule has 2 N–H and O–H groups in total. The molecule has 3 aromatic rings. The number of amides is 2. The summed E-state index contributed by atoms with van der Waals surface area (Å²) >= 11 is 0. The number of nitrogens with zero attached hydrogens (tertiary/aromatic N) is 1. The molecule has 3 aromatic carbocycles. The molecule has 0 bridgehead atoms. The summed E-state index contributed by atoms with van der Waals surface area (Å²) in [6.45, 7) is 0.416. The van der Waals surface area contributed by atoms with E-state index in [1.54, 1.807) is 7.11 Å². The predicted octanol–water partition coefficient (Wildman–Crippen LogP) is 4.78. The number of hydrogen-bond acceptors (Lipinski definition) is 3. The second-order valence-corrected chi connectivity index (χ2v) is 6.07. The molecule has 0 atom stereocenters. The summed E-state index contributed by atoms with van der Waals surface area (Å²) in [5.74, 6) is 0.768. The van der Waals surface area contributed by atoms with Crippen molar-refractivity contribution in [3.8, 4) is 5.75 Å². The van der Waals surface area contributed by atoms with Gasteiger partial charge in [0.2, 0.25) is 0 Å². The highest BCUT2D eigenvalue weighted by molar-refractivity contribution is 5.94. The Labute approximate surface area is 159 Å². The Morgan fingerprint density at radius 1 is 0.963 bits per heavy atom. The second-order valence-electron chi connectivity index (χ2n) is 6.07. The van der Waals surface area contributed by atoms with Gasteiger partial charge in [0.15, 0.2) is 0 Å². The van der Waals surface area contributed by atoms with Gasteiger partial charge in [-0.15, -0.1) is 0 Å².